The zero-order chi connectivity index (χ0) is 11.8. The number of ether oxygens (including phenoxy) is 1. The molecule has 0 bridgehead atoms. The quantitative estimate of drug-likeness (QED) is 0.759. The molecule has 0 radical (unpaired) electrons. The van der Waals surface area contributed by atoms with Crippen molar-refractivity contribution in [1.29, 1.82) is 0 Å². The van der Waals surface area contributed by atoms with Crippen LogP contribution < -0.4 is 5.73 Å². The molecule has 1 heterocycles. The minimum atomic E-state index is 0.351. The molecule has 2 aliphatic rings. The van der Waals surface area contributed by atoms with Gasteiger partial charge in [0.1, 0.15) is 0 Å². The van der Waals surface area contributed by atoms with Crippen LogP contribution in [0.1, 0.15) is 33.1 Å². The van der Waals surface area contributed by atoms with Gasteiger partial charge in [-0.2, -0.15) is 0 Å². The van der Waals surface area contributed by atoms with Crippen LogP contribution in [0.15, 0.2) is 0 Å². The molecular weight excluding hydrogens is 220 g/mol. The largest absolute Gasteiger partial charge is 0.393 e. The maximum Gasteiger partial charge on any atom is 0.0733 e. The van der Waals surface area contributed by atoms with Gasteiger partial charge in [-0.1, -0.05) is 12.2 Å². The summed E-state index contributed by atoms with van der Waals surface area (Å²) in [6, 6.07) is 0. The highest BCUT2D eigenvalue weighted by molar-refractivity contribution is 7.80. The Bertz CT molecular complexity index is 268. The SMILES string of the molecule is CC1CN(CC2(CC(N)=S)CC2)CC(C)O1. The number of hydrogen-bond acceptors (Lipinski definition) is 3. The fourth-order valence-corrected chi connectivity index (χ4v) is 3.13. The second-order valence-corrected chi connectivity index (χ2v) is 6.12. The summed E-state index contributed by atoms with van der Waals surface area (Å²) in [4.78, 5) is 3.19. The molecule has 0 aromatic rings. The summed E-state index contributed by atoms with van der Waals surface area (Å²) < 4.78 is 5.74. The molecule has 1 saturated heterocycles. The van der Waals surface area contributed by atoms with Crippen LogP contribution in [-0.2, 0) is 4.74 Å². The molecule has 1 saturated carbocycles. The van der Waals surface area contributed by atoms with Crippen molar-refractivity contribution in [1.82, 2.24) is 4.90 Å². The summed E-state index contributed by atoms with van der Waals surface area (Å²) in [6.07, 6.45) is 4.19. The van der Waals surface area contributed by atoms with Crippen molar-refractivity contribution in [3.05, 3.63) is 0 Å². The van der Waals surface area contributed by atoms with Crippen molar-refractivity contribution >= 4 is 17.2 Å². The molecule has 0 spiro atoms. The van der Waals surface area contributed by atoms with Crippen LogP contribution in [0.25, 0.3) is 0 Å². The zero-order valence-corrected chi connectivity index (χ0v) is 11.1. The summed E-state index contributed by atoms with van der Waals surface area (Å²) in [7, 11) is 0. The molecule has 4 heteroatoms. The van der Waals surface area contributed by atoms with E-state index in [2.05, 4.69) is 18.7 Å². The average Bonchev–Trinajstić information content (AvgIpc) is 2.80. The van der Waals surface area contributed by atoms with Crippen molar-refractivity contribution in [2.75, 3.05) is 19.6 Å². The number of thiocarbonyl (C=S) groups is 1. The summed E-state index contributed by atoms with van der Waals surface area (Å²) in [6.45, 7) is 7.53. The molecule has 92 valence electrons. The Morgan fingerprint density at radius 1 is 1.38 bits per heavy atom. The molecule has 2 fully saturated rings. The van der Waals surface area contributed by atoms with Gasteiger partial charge in [-0.05, 0) is 32.1 Å². The average molecular weight is 242 g/mol. The van der Waals surface area contributed by atoms with E-state index < -0.39 is 0 Å². The van der Waals surface area contributed by atoms with Crippen LogP contribution in [0.3, 0.4) is 0 Å². The third-order valence-electron chi connectivity index (χ3n) is 3.56. The Hall–Kier alpha value is -0.190. The lowest BCUT2D eigenvalue weighted by molar-refractivity contribution is -0.0723. The monoisotopic (exact) mass is 242 g/mol. The maximum absolute atomic E-state index is 5.74. The molecule has 16 heavy (non-hydrogen) atoms. The maximum atomic E-state index is 5.74. The van der Waals surface area contributed by atoms with Crippen LogP contribution in [0.4, 0.5) is 0 Å². The van der Waals surface area contributed by atoms with Crippen molar-refractivity contribution in [2.45, 2.75) is 45.3 Å². The Morgan fingerprint density at radius 2 is 1.94 bits per heavy atom. The Morgan fingerprint density at radius 3 is 2.38 bits per heavy atom. The third kappa shape index (κ3) is 3.15. The zero-order valence-electron chi connectivity index (χ0n) is 10.2. The van der Waals surface area contributed by atoms with Gasteiger partial charge in [0.25, 0.3) is 0 Å². The highest BCUT2D eigenvalue weighted by Gasteiger charge is 2.44. The lowest BCUT2D eigenvalue weighted by Crippen LogP contribution is -2.47. The van der Waals surface area contributed by atoms with E-state index in [1.165, 1.54) is 12.8 Å². The van der Waals surface area contributed by atoms with Crippen molar-refractivity contribution in [3.8, 4) is 0 Å². The van der Waals surface area contributed by atoms with E-state index >= 15 is 0 Å². The highest BCUT2D eigenvalue weighted by Crippen LogP contribution is 2.49. The van der Waals surface area contributed by atoms with Crippen molar-refractivity contribution < 1.29 is 4.74 Å². The molecule has 2 atom stereocenters. The van der Waals surface area contributed by atoms with E-state index in [0.717, 1.165) is 26.1 Å². The number of hydrogen-bond donors (Lipinski definition) is 1. The smallest absolute Gasteiger partial charge is 0.0733 e. The van der Waals surface area contributed by atoms with Crippen LogP contribution in [-0.4, -0.2) is 41.7 Å². The second-order valence-electron chi connectivity index (χ2n) is 5.59. The molecule has 2 N–H and O–H groups in total. The molecule has 2 unspecified atom stereocenters. The first kappa shape index (κ1) is 12.3. The predicted octanol–water partition coefficient (Wildman–Crippen LogP) is 1.55. The van der Waals surface area contributed by atoms with Gasteiger partial charge in [0.05, 0.1) is 17.2 Å². The number of nitrogens with zero attached hydrogens (tertiary/aromatic N) is 1. The first-order chi connectivity index (χ1) is 7.49. The number of nitrogens with two attached hydrogens (primary N) is 1. The molecular formula is C12H22N2OS. The lowest BCUT2D eigenvalue weighted by Gasteiger charge is -2.37. The lowest BCUT2D eigenvalue weighted by atomic mass is 10.0. The fraction of sp³-hybridized carbons (Fsp3) is 0.917. The summed E-state index contributed by atoms with van der Waals surface area (Å²) in [5, 5.41) is 0. The third-order valence-corrected chi connectivity index (χ3v) is 3.70. The normalized spacial score (nSPS) is 33.6. The molecule has 2 rings (SSSR count). The molecule has 0 amide bonds. The minimum absolute atomic E-state index is 0.351. The molecule has 3 nitrogen and oxygen atoms in total. The first-order valence-electron chi connectivity index (χ1n) is 6.15. The highest BCUT2D eigenvalue weighted by atomic mass is 32.1. The van der Waals surface area contributed by atoms with Gasteiger partial charge in [-0.25, -0.2) is 0 Å². The molecule has 0 aromatic heterocycles. The number of rotatable bonds is 4. The summed E-state index contributed by atoms with van der Waals surface area (Å²) >= 11 is 5.03. The van der Waals surface area contributed by atoms with E-state index in [1.807, 2.05) is 0 Å². The van der Waals surface area contributed by atoms with Gasteiger partial charge in [-0.3, -0.25) is 4.90 Å². The van der Waals surface area contributed by atoms with Gasteiger partial charge in [-0.15, -0.1) is 0 Å². The van der Waals surface area contributed by atoms with Gasteiger partial charge in [0.2, 0.25) is 0 Å². The molecule has 1 aliphatic carbocycles. The second kappa shape index (κ2) is 4.59. The Balaban J connectivity index is 1.87. The van der Waals surface area contributed by atoms with E-state index in [-0.39, 0.29) is 0 Å². The standard InChI is InChI=1S/C12H22N2OS/c1-9-6-14(7-10(2)15-9)8-12(3-4-12)5-11(13)16/h9-10H,3-8H2,1-2H3,(H2,13,16). The van der Waals surface area contributed by atoms with E-state index in [4.69, 9.17) is 22.7 Å². The minimum Gasteiger partial charge on any atom is -0.393 e. The van der Waals surface area contributed by atoms with E-state index in [0.29, 0.717) is 22.6 Å². The predicted molar refractivity (Wildman–Crippen MR) is 69.5 cm³/mol. The van der Waals surface area contributed by atoms with E-state index in [9.17, 15) is 0 Å². The van der Waals surface area contributed by atoms with Crippen molar-refractivity contribution in [2.24, 2.45) is 11.1 Å². The topological polar surface area (TPSA) is 38.5 Å². The first-order valence-corrected chi connectivity index (χ1v) is 6.56. The van der Waals surface area contributed by atoms with Crippen LogP contribution >= 0.6 is 12.2 Å². The van der Waals surface area contributed by atoms with Gasteiger partial charge >= 0.3 is 0 Å². The van der Waals surface area contributed by atoms with Gasteiger partial charge < -0.3 is 10.5 Å². The van der Waals surface area contributed by atoms with Crippen LogP contribution in [0.5, 0.6) is 0 Å². The summed E-state index contributed by atoms with van der Waals surface area (Å²) in [5.41, 5.74) is 6.07. The summed E-state index contributed by atoms with van der Waals surface area (Å²) in [5.74, 6) is 0. The van der Waals surface area contributed by atoms with Gasteiger partial charge in [0, 0.05) is 26.1 Å². The van der Waals surface area contributed by atoms with E-state index in [1.54, 1.807) is 0 Å². The Labute approximate surface area is 103 Å². The Kier molecular flexibility index (Phi) is 3.52. The number of morpholine rings is 1. The fourth-order valence-electron chi connectivity index (χ4n) is 2.83. The van der Waals surface area contributed by atoms with Crippen LogP contribution in [0.2, 0.25) is 0 Å². The molecule has 1 aliphatic heterocycles. The van der Waals surface area contributed by atoms with Crippen LogP contribution in [0, 0.1) is 5.41 Å². The molecule has 0 aromatic carbocycles. The van der Waals surface area contributed by atoms with Crippen molar-refractivity contribution in [3.63, 3.8) is 0 Å². The van der Waals surface area contributed by atoms with Gasteiger partial charge in [0.15, 0.2) is 0 Å².